The molecule has 1 aliphatic carbocycles. The highest BCUT2D eigenvalue weighted by Crippen LogP contribution is 2.33. The molecule has 2 rings (SSSR count). The van der Waals surface area contributed by atoms with E-state index in [-0.39, 0.29) is 0 Å². The van der Waals surface area contributed by atoms with Crippen LogP contribution in [0, 0.1) is 29.1 Å². The van der Waals surface area contributed by atoms with Crippen molar-refractivity contribution in [1.82, 2.24) is 4.90 Å². The molecule has 0 bridgehead atoms. The molecule has 2 fully saturated rings. The van der Waals surface area contributed by atoms with Gasteiger partial charge in [0.2, 0.25) is 0 Å². The van der Waals surface area contributed by atoms with Gasteiger partial charge in [-0.2, -0.15) is 5.26 Å². The maximum atomic E-state index is 8.91. The van der Waals surface area contributed by atoms with Crippen molar-refractivity contribution in [3.63, 3.8) is 0 Å². The maximum absolute atomic E-state index is 8.91. The van der Waals surface area contributed by atoms with E-state index in [1.54, 1.807) is 0 Å². The van der Waals surface area contributed by atoms with Gasteiger partial charge >= 0.3 is 0 Å². The molecule has 96 valence electrons. The van der Waals surface area contributed by atoms with Crippen molar-refractivity contribution >= 4 is 0 Å². The zero-order valence-corrected chi connectivity index (χ0v) is 11.4. The molecule has 0 aromatic rings. The molecule has 1 saturated heterocycles. The molecule has 0 aromatic carbocycles. The van der Waals surface area contributed by atoms with Crippen molar-refractivity contribution in [2.24, 2.45) is 17.8 Å². The summed E-state index contributed by atoms with van der Waals surface area (Å²) >= 11 is 0. The summed E-state index contributed by atoms with van der Waals surface area (Å²) in [6, 6.07) is 3.25. The fourth-order valence-electron chi connectivity index (χ4n) is 3.53. The third-order valence-electron chi connectivity index (χ3n) is 4.91. The van der Waals surface area contributed by atoms with Gasteiger partial charge in [0, 0.05) is 12.0 Å². The fraction of sp³-hybridized carbons (Fsp3) is 0.933. The SMILES string of the molecule is CC(C)C1CCC(N2CCC(C#N)CC2)CC1. The first-order valence-electron chi connectivity index (χ1n) is 7.34. The van der Waals surface area contributed by atoms with Crippen LogP contribution in [0.1, 0.15) is 52.4 Å². The average molecular weight is 234 g/mol. The lowest BCUT2D eigenvalue weighted by molar-refractivity contribution is 0.0953. The lowest BCUT2D eigenvalue weighted by Crippen LogP contribution is -2.43. The zero-order chi connectivity index (χ0) is 12.3. The second-order valence-electron chi connectivity index (χ2n) is 6.25. The van der Waals surface area contributed by atoms with Crippen LogP contribution in [0.5, 0.6) is 0 Å². The fourth-order valence-corrected chi connectivity index (χ4v) is 3.53. The van der Waals surface area contributed by atoms with E-state index in [1.807, 2.05) is 0 Å². The van der Waals surface area contributed by atoms with Gasteiger partial charge < -0.3 is 4.90 Å². The van der Waals surface area contributed by atoms with E-state index in [0.29, 0.717) is 5.92 Å². The van der Waals surface area contributed by atoms with E-state index in [0.717, 1.165) is 43.8 Å². The first-order valence-corrected chi connectivity index (χ1v) is 7.34. The smallest absolute Gasteiger partial charge is 0.0656 e. The summed E-state index contributed by atoms with van der Waals surface area (Å²) in [5.41, 5.74) is 0. The van der Waals surface area contributed by atoms with Crippen molar-refractivity contribution in [2.45, 2.75) is 58.4 Å². The summed E-state index contributed by atoms with van der Waals surface area (Å²) in [6.07, 6.45) is 7.81. The van der Waals surface area contributed by atoms with Gasteiger partial charge in [0.1, 0.15) is 0 Å². The highest BCUT2D eigenvalue weighted by Gasteiger charge is 2.29. The van der Waals surface area contributed by atoms with Crippen LogP contribution in [0.25, 0.3) is 0 Å². The molecule has 1 aliphatic heterocycles. The number of nitriles is 1. The summed E-state index contributed by atoms with van der Waals surface area (Å²) in [5.74, 6) is 2.15. The largest absolute Gasteiger partial charge is 0.300 e. The minimum Gasteiger partial charge on any atom is -0.300 e. The number of hydrogen-bond acceptors (Lipinski definition) is 2. The van der Waals surface area contributed by atoms with E-state index in [2.05, 4.69) is 24.8 Å². The topological polar surface area (TPSA) is 27.0 Å². The molecule has 0 amide bonds. The van der Waals surface area contributed by atoms with Gasteiger partial charge in [-0.15, -0.1) is 0 Å². The second kappa shape index (κ2) is 5.87. The molecule has 0 N–H and O–H groups in total. The second-order valence-corrected chi connectivity index (χ2v) is 6.25. The lowest BCUT2D eigenvalue weighted by Gasteiger charge is -2.40. The maximum Gasteiger partial charge on any atom is 0.0656 e. The third-order valence-corrected chi connectivity index (χ3v) is 4.91. The van der Waals surface area contributed by atoms with E-state index >= 15 is 0 Å². The lowest BCUT2D eigenvalue weighted by atomic mass is 9.79. The van der Waals surface area contributed by atoms with Crippen LogP contribution in [-0.2, 0) is 0 Å². The third kappa shape index (κ3) is 3.22. The van der Waals surface area contributed by atoms with Gasteiger partial charge in [-0.3, -0.25) is 0 Å². The van der Waals surface area contributed by atoms with Gasteiger partial charge in [-0.25, -0.2) is 0 Å². The molecule has 0 unspecified atom stereocenters. The number of piperidine rings is 1. The van der Waals surface area contributed by atoms with E-state index in [1.165, 1.54) is 25.7 Å². The Balaban J connectivity index is 1.76. The van der Waals surface area contributed by atoms with Gasteiger partial charge in [0.05, 0.1) is 6.07 Å². The minimum atomic E-state index is 0.332. The Morgan fingerprint density at radius 2 is 1.59 bits per heavy atom. The van der Waals surface area contributed by atoms with E-state index in [4.69, 9.17) is 5.26 Å². The van der Waals surface area contributed by atoms with Crippen LogP contribution in [-0.4, -0.2) is 24.0 Å². The minimum absolute atomic E-state index is 0.332. The van der Waals surface area contributed by atoms with Crippen molar-refractivity contribution < 1.29 is 0 Å². The molecule has 0 radical (unpaired) electrons. The Morgan fingerprint density at radius 3 is 2.06 bits per heavy atom. The van der Waals surface area contributed by atoms with Crippen LogP contribution in [0.2, 0.25) is 0 Å². The molecule has 1 saturated carbocycles. The van der Waals surface area contributed by atoms with Gasteiger partial charge in [-0.05, 0) is 63.5 Å². The first kappa shape index (κ1) is 12.9. The predicted octanol–water partition coefficient (Wildman–Crippen LogP) is 3.44. The van der Waals surface area contributed by atoms with Crippen LogP contribution in [0.15, 0.2) is 0 Å². The van der Waals surface area contributed by atoms with Crippen LogP contribution >= 0.6 is 0 Å². The highest BCUT2D eigenvalue weighted by molar-refractivity contribution is 4.90. The number of rotatable bonds is 2. The van der Waals surface area contributed by atoms with E-state index in [9.17, 15) is 0 Å². The van der Waals surface area contributed by atoms with Gasteiger partial charge in [-0.1, -0.05) is 13.8 Å². The van der Waals surface area contributed by atoms with Crippen molar-refractivity contribution in [3.05, 3.63) is 0 Å². The summed E-state index contributed by atoms with van der Waals surface area (Å²) in [4.78, 5) is 2.66. The van der Waals surface area contributed by atoms with Crippen LogP contribution in [0.3, 0.4) is 0 Å². The monoisotopic (exact) mass is 234 g/mol. The molecule has 2 heteroatoms. The molecule has 2 aliphatic rings. The van der Waals surface area contributed by atoms with Crippen LogP contribution in [0.4, 0.5) is 0 Å². The van der Waals surface area contributed by atoms with Gasteiger partial charge in [0.25, 0.3) is 0 Å². The summed E-state index contributed by atoms with van der Waals surface area (Å²) in [6.45, 7) is 7.05. The van der Waals surface area contributed by atoms with Crippen molar-refractivity contribution in [2.75, 3.05) is 13.1 Å². The average Bonchev–Trinajstić information content (AvgIpc) is 2.39. The molecule has 2 nitrogen and oxygen atoms in total. The normalized spacial score (nSPS) is 32.6. The van der Waals surface area contributed by atoms with Gasteiger partial charge in [0.15, 0.2) is 0 Å². The molecule has 0 spiro atoms. The summed E-state index contributed by atoms with van der Waals surface area (Å²) in [7, 11) is 0. The molecule has 17 heavy (non-hydrogen) atoms. The summed E-state index contributed by atoms with van der Waals surface area (Å²) in [5, 5.41) is 8.91. The first-order chi connectivity index (χ1) is 8.20. The Bertz CT molecular complexity index is 263. The molecule has 0 atom stereocenters. The van der Waals surface area contributed by atoms with Crippen molar-refractivity contribution in [1.29, 1.82) is 5.26 Å². The predicted molar refractivity (Wildman–Crippen MR) is 70.5 cm³/mol. The number of nitrogens with zero attached hydrogens (tertiary/aromatic N) is 2. The molecule has 1 heterocycles. The summed E-state index contributed by atoms with van der Waals surface area (Å²) < 4.78 is 0. The molecular formula is C15H26N2. The standard InChI is InChI=1S/C15H26N2/c1-12(2)14-3-5-15(6-4-14)17-9-7-13(11-16)8-10-17/h12-15H,3-10H2,1-2H3. The van der Waals surface area contributed by atoms with E-state index < -0.39 is 0 Å². The Labute approximate surface area is 106 Å². The Hall–Kier alpha value is -0.550. The Kier molecular flexibility index (Phi) is 4.45. The highest BCUT2D eigenvalue weighted by atomic mass is 15.2. The Morgan fingerprint density at radius 1 is 1.00 bits per heavy atom. The van der Waals surface area contributed by atoms with Crippen molar-refractivity contribution in [3.8, 4) is 6.07 Å². The molecular weight excluding hydrogens is 208 g/mol. The quantitative estimate of drug-likeness (QED) is 0.732. The molecule has 0 aromatic heterocycles. The zero-order valence-electron chi connectivity index (χ0n) is 11.4. The van der Waals surface area contributed by atoms with Crippen LogP contribution < -0.4 is 0 Å². The number of likely N-dealkylation sites (tertiary alicyclic amines) is 1. The number of hydrogen-bond donors (Lipinski definition) is 0.